The Morgan fingerprint density at radius 1 is 1.00 bits per heavy atom. The predicted octanol–water partition coefficient (Wildman–Crippen LogP) is 4.66. The summed E-state index contributed by atoms with van der Waals surface area (Å²) >= 11 is 6.05. The molecule has 0 spiro atoms. The zero-order chi connectivity index (χ0) is 14.4. The van der Waals surface area contributed by atoms with E-state index in [9.17, 15) is 0 Å². The van der Waals surface area contributed by atoms with E-state index in [1.54, 1.807) is 5.56 Å². The fourth-order valence-corrected chi connectivity index (χ4v) is 4.39. The molecule has 108 valence electrons. The van der Waals surface area contributed by atoms with Crippen LogP contribution in [0, 0.1) is 0 Å². The Hall–Kier alpha value is -1.31. The molecule has 2 aromatic rings. The summed E-state index contributed by atoms with van der Waals surface area (Å²) in [6.45, 7) is 1.22. The van der Waals surface area contributed by atoms with Crippen LogP contribution < -0.4 is 0 Å². The minimum Gasteiger partial charge on any atom is -0.303 e. The Bertz CT molecular complexity index is 649. The summed E-state index contributed by atoms with van der Waals surface area (Å²) in [5.74, 6) is 1.22. The first-order valence-corrected chi connectivity index (χ1v) is 8.16. The molecule has 4 rings (SSSR count). The van der Waals surface area contributed by atoms with Crippen LogP contribution in [0.1, 0.15) is 41.4 Å². The first kappa shape index (κ1) is 13.4. The molecule has 0 bridgehead atoms. The average molecular weight is 298 g/mol. The summed E-state index contributed by atoms with van der Waals surface area (Å²) in [4.78, 5) is 2.55. The maximum absolute atomic E-state index is 6.05. The molecule has 0 radical (unpaired) electrons. The van der Waals surface area contributed by atoms with Crippen molar-refractivity contribution in [2.24, 2.45) is 0 Å². The summed E-state index contributed by atoms with van der Waals surface area (Å²) in [7, 11) is 2.28. The van der Waals surface area contributed by atoms with Gasteiger partial charge in [-0.2, -0.15) is 0 Å². The lowest BCUT2D eigenvalue weighted by Crippen LogP contribution is -2.34. The van der Waals surface area contributed by atoms with Crippen molar-refractivity contribution in [3.8, 4) is 0 Å². The molecule has 2 aliphatic rings. The average Bonchev–Trinajstić information content (AvgIpc) is 2.89. The Kier molecular flexibility index (Phi) is 3.28. The van der Waals surface area contributed by atoms with Gasteiger partial charge in [0.2, 0.25) is 0 Å². The fraction of sp³-hybridized carbons (Fsp3) is 0.368. The van der Waals surface area contributed by atoms with Crippen molar-refractivity contribution in [1.29, 1.82) is 0 Å². The molecule has 21 heavy (non-hydrogen) atoms. The molecule has 0 aromatic heterocycles. The zero-order valence-electron chi connectivity index (χ0n) is 12.3. The maximum atomic E-state index is 6.05. The minimum atomic E-state index is 0.500. The number of rotatable bonds is 1. The monoisotopic (exact) mass is 297 g/mol. The van der Waals surface area contributed by atoms with Crippen molar-refractivity contribution in [2.45, 2.75) is 30.7 Å². The lowest BCUT2D eigenvalue weighted by molar-refractivity contribution is 0.265. The molecule has 1 nitrogen and oxygen atoms in total. The summed E-state index contributed by atoms with van der Waals surface area (Å²) < 4.78 is 0. The number of nitrogens with zero attached hydrogens (tertiary/aromatic N) is 1. The summed E-state index contributed by atoms with van der Waals surface area (Å²) in [6.07, 6.45) is 2.52. The number of likely N-dealkylation sites (tertiary alicyclic amines) is 1. The maximum Gasteiger partial charge on any atom is 0.0406 e. The second kappa shape index (κ2) is 5.15. The van der Waals surface area contributed by atoms with Crippen molar-refractivity contribution < 1.29 is 0 Å². The number of likely N-dealkylation sites (N-methyl/N-ethyl adjacent to an activating group) is 1. The van der Waals surface area contributed by atoms with E-state index < -0.39 is 0 Å². The third kappa shape index (κ3) is 2.20. The molecule has 2 heteroatoms. The Morgan fingerprint density at radius 2 is 1.71 bits per heavy atom. The molecule has 3 atom stereocenters. The van der Waals surface area contributed by atoms with Gasteiger partial charge in [0.15, 0.2) is 0 Å². The van der Waals surface area contributed by atoms with Gasteiger partial charge < -0.3 is 4.90 Å². The highest BCUT2D eigenvalue weighted by molar-refractivity contribution is 6.30. The minimum absolute atomic E-state index is 0.500. The number of hydrogen-bond donors (Lipinski definition) is 0. The fourth-order valence-electron chi connectivity index (χ4n) is 4.26. The molecule has 1 fully saturated rings. The molecule has 1 aliphatic carbocycles. The van der Waals surface area contributed by atoms with Crippen LogP contribution >= 0.6 is 11.6 Å². The van der Waals surface area contributed by atoms with Crippen molar-refractivity contribution in [3.63, 3.8) is 0 Å². The molecule has 1 saturated heterocycles. The highest BCUT2D eigenvalue weighted by Gasteiger charge is 2.40. The van der Waals surface area contributed by atoms with Crippen LogP contribution in [-0.2, 0) is 0 Å². The molecule has 2 aromatic carbocycles. The van der Waals surface area contributed by atoms with Gasteiger partial charge in [0.1, 0.15) is 0 Å². The van der Waals surface area contributed by atoms with E-state index in [1.165, 1.54) is 30.5 Å². The number of fused-ring (bicyclic) bond motifs is 3. The van der Waals surface area contributed by atoms with Crippen molar-refractivity contribution >= 4 is 11.6 Å². The Morgan fingerprint density at radius 3 is 2.48 bits per heavy atom. The van der Waals surface area contributed by atoms with Crippen molar-refractivity contribution in [1.82, 2.24) is 4.90 Å². The highest BCUT2D eigenvalue weighted by Crippen LogP contribution is 2.47. The SMILES string of the molecule is CN1CC[C@@H]2c3ccccc3[C@H](c3ccc(Cl)cc3)C[C@@H]21. The summed E-state index contributed by atoms with van der Waals surface area (Å²) in [6, 6.07) is 18.1. The largest absolute Gasteiger partial charge is 0.303 e. The lowest BCUT2D eigenvalue weighted by atomic mass is 9.71. The second-order valence-corrected chi connectivity index (χ2v) is 6.85. The van der Waals surface area contributed by atoms with Crippen LogP contribution in [0.25, 0.3) is 0 Å². The van der Waals surface area contributed by atoms with E-state index in [2.05, 4.69) is 48.3 Å². The molecule has 1 heterocycles. The third-order valence-corrected chi connectivity index (χ3v) is 5.60. The van der Waals surface area contributed by atoms with Gasteiger partial charge in [-0.1, -0.05) is 48.0 Å². The normalized spacial score (nSPS) is 28.2. The first-order valence-electron chi connectivity index (χ1n) is 7.78. The molecule has 0 amide bonds. The van der Waals surface area contributed by atoms with Gasteiger partial charge in [-0.25, -0.2) is 0 Å². The molecule has 0 unspecified atom stereocenters. The predicted molar refractivity (Wildman–Crippen MR) is 88.1 cm³/mol. The van der Waals surface area contributed by atoms with Crippen molar-refractivity contribution in [3.05, 3.63) is 70.2 Å². The third-order valence-electron chi connectivity index (χ3n) is 5.34. The van der Waals surface area contributed by atoms with E-state index in [0.717, 1.165) is 10.9 Å². The lowest BCUT2D eigenvalue weighted by Gasteiger charge is -2.37. The van der Waals surface area contributed by atoms with Gasteiger partial charge in [-0.15, -0.1) is 0 Å². The molecule has 0 N–H and O–H groups in total. The van der Waals surface area contributed by atoms with Crippen LogP contribution in [0.5, 0.6) is 0 Å². The second-order valence-electron chi connectivity index (χ2n) is 6.41. The van der Waals surface area contributed by atoms with E-state index in [-0.39, 0.29) is 0 Å². The summed E-state index contributed by atoms with van der Waals surface area (Å²) in [5, 5.41) is 0.818. The number of hydrogen-bond acceptors (Lipinski definition) is 1. The van der Waals surface area contributed by atoms with Gasteiger partial charge in [-0.3, -0.25) is 0 Å². The standard InChI is InChI=1S/C19H20ClN/c1-21-11-10-17-15-4-2-3-5-16(15)18(12-19(17)21)13-6-8-14(20)9-7-13/h2-9,17-19H,10-12H2,1H3/t17-,18+,19+/m1/s1. The van der Waals surface area contributed by atoms with Gasteiger partial charge in [0.05, 0.1) is 0 Å². The number of halogens is 1. The van der Waals surface area contributed by atoms with Crippen LogP contribution in [0.4, 0.5) is 0 Å². The quantitative estimate of drug-likeness (QED) is 0.740. The topological polar surface area (TPSA) is 3.24 Å². The first-order chi connectivity index (χ1) is 10.2. The highest BCUT2D eigenvalue weighted by atomic mass is 35.5. The van der Waals surface area contributed by atoms with Crippen LogP contribution in [0.2, 0.25) is 5.02 Å². The van der Waals surface area contributed by atoms with Crippen LogP contribution in [0.3, 0.4) is 0 Å². The van der Waals surface area contributed by atoms with Gasteiger partial charge in [-0.05, 0) is 55.3 Å². The number of benzene rings is 2. The Balaban J connectivity index is 1.81. The van der Waals surface area contributed by atoms with E-state index in [4.69, 9.17) is 11.6 Å². The van der Waals surface area contributed by atoms with E-state index in [0.29, 0.717) is 12.0 Å². The van der Waals surface area contributed by atoms with Gasteiger partial charge in [0.25, 0.3) is 0 Å². The summed E-state index contributed by atoms with van der Waals surface area (Å²) in [5.41, 5.74) is 4.49. The van der Waals surface area contributed by atoms with Gasteiger partial charge >= 0.3 is 0 Å². The van der Waals surface area contributed by atoms with E-state index >= 15 is 0 Å². The van der Waals surface area contributed by atoms with Gasteiger partial charge in [0, 0.05) is 22.9 Å². The van der Waals surface area contributed by atoms with Crippen LogP contribution in [-0.4, -0.2) is 24.5 Å². The van der Waals surface area contributed by atoms with Crippen molar-refractivity contribution in [2.75, 3.05) is 13.6 Å². The molecule has 0 saturated carbocycles. The molecule has 1 aliphatic heterocycles. The molecular formula is C19H20ClN. The smallest absolute Gasteiger partial charge is 0.0406 e. The van der Waals surface area contributed by atoms with E-state index in [1.807, 2.05) is 12.1 Å². The molecular weight excluding hydrogens is 278 g/mol. The van der Waals surface area contributed by atoms with Crippen LogP contribution in [0.15, 0.2) is 48.5 Å². The zero-order valence-corrected chi connectivity index (χ0v) is 13.1. The Labute approximate surface area is 131 Å².